The Bertz CT molecular complexity index is 554. The lowest BCUT2D eigenvalue weighted by atomic mass is 9.79. The van der Waals surface area contributed by atoms with Gasteiger partial charge in [0.2, 0.25) is 0 Å². The van der Waals surface area contributed by atoms with Gasteiger partial charge in [0.05, 0.1) is 7.11 Å². The van der Waals surface area contributed by atoms with Crippen LogP contribution in [-0.2, 0) is 0 Å². The molecule has 5 heteroatoms. The number of methoxy groups -OCH3 is 1. The van der Waals surface area contributed by atoms with E-state index in [9.17, 15) is 9.18 Å². The number of nitrogens with one attached hydrogen (secondary N) is 2. The maximum atomic E-state index is 13.7. The molecule has 2 rings (SSSR count). The molecule has 0 atom stereocenters. The van der Waals surface area contributed by atoms with Crippen molar-refractivity contribution in [3.63, 3.8) is 0 Å². The third kappa shape index (κ3) is 3.97. The summed E-state index contributed by atoms with van der Waals surface area (Å²) in [5.41, 5.74) is 0.211. The van der Waals surface area contributed by atoms with Crippen LogP contribution < -0.4 is 15.4 Å². The van der Waals surface area contributed by atoms with E-state index in [2.05, 4.69) is 38.3 Å². The standard InChI is InChI=1S/C17H25FN2O2/c1-16(2)9-12(10-17(3,4)20-16)19-15(21)11-6-7-14(22-5)13(18)8-11/h6-8,12,20H,9-10H2,1-5H3,(H,19,21). The first-order valence-electron chi connectivity index (χ1n) is 7.56. The van der Waals surface area contributed by atoms with Crippen molar-refractivity contribution in [3.05, 3.63) is 29.6 Å². The molecule has 1 aliphatic rings. The molecule has 0 aromatic heterocycles. The van der Waals surface area contributed by atoms with Gasteiger partial charge < -0.3 is 15.4 Å². The van der Waals surface area contributed by atoms with Gasteiger partial charge in [-0.15, -0.1) is 0 Å². The van der Waals surface area contributed by atoms with Gasteiger partial charge in [0.15, 0.2) is 11.6 Å². The lowest BCUT2D eigenvalue weighted by Gasteiger charge is -2.46. The van der Waals surface area contributed by atoms with Crippen LogP contribution in [0.5, 0.6) is 5.75 Å². The predicted molar refractivity (Wildman–Crippen MR) is 84.7 cm³/mol. The minimum Gasteiger partial charge on any atom is -0.494 e. The second-order valence-corrected chi connectivity index (χ2v) is 7.32. The predicted octanol–water partition coefficient (Wildman–Crippen LogP) is 2.87. The second-order valence-electron chi connectivity index (χ2n) is 7.32. The molecule has 1 aromatic rings. The first-order chi connectivity index (χ1) is 10.1. The van der Waals surface area contributed by atoms with Crippen LogP contribution in [0.3, 0.4) is 0 Å². The molecule has 1 amide bonds. The number of ether oxygens (including phenoxy) is 1. The van der Waals surface area contributed by atoms with Gasteiger partial charge in [-0.1, -0.05) is 0 Å². The van der Waals surface area contributed by atoms with E-state index in [1.54, 1.807) is 6.07 Å². The Labute approximate surface area is 131 Å². The SMILES string of the molecule is COc1ccc(C(=O)NC2CC(C)(C)NC(C)(C)C2)cc1F. The number of hydrogen-bond acceptors (Lipinski definition) is 3. The molecule has 0 spiro atoms. The maximum absolute atomic E-state index is 13.7. The Kier molecular flexibility index (Phi) is 4.47. The van der Waals surface area contributed by atoms with Gasteiger partial charge in [0.25, 0.3) is 5.91 Å². The van der Waals surface area contributed by atoms with Crippen LogP contribution in [0, 0.1) is 5.82 Å². The van der Waals surface area contributed by atoms with E-state index in [0.717, 1.165) is 12.8 Å². The number of benzene rings is 1. The summed E-state index contributed by atoms with van der Waals surface area (Å²) in [7, 11) is 1.40. The van der Waals surface area contributed by atoms with E-state index in [4.69, 9.17) is 4.74 Å². The number of carbonyl (C=O) groups is 1. The maximum Gasteiger partial charge on any atom is 0.251 e. The van der Waals surface area contributed by atoms with Crippen molar-refractivity contribution in [1.29, 1.82) is 0 Å². The van der Waals surface area contributed by atoms with E-state index in [-0.39, 0.29) is 28.8 Å². The van der Waals surface area contributed by atoms with Crippen LogP contribution in [0.25, 0.3) is 0 Å². The zero-order chi connectivity index (χ0) is 16.5. The molecule has 1 aliphatic heterocycles. The Balaban J connectivity index is 2.10. The highest BCUT2D eigenvalue weighted by molar-refractivity contribution is 5.94. The van der Waals surface area contributed by atoms with Gasteiger partial charge in [-0.05, 0) is 58.7 Å². The number of amides is 1. The second kappa shape index (κ2) is 5.88. The molecule has 0 unspecified atom stereocenters. The number of halogens is 1. The van der Waals surface area contributed by atoms with Gasteiger partial charge in [-0.2, -0.15) is 0 Å². The average Bonchev–Trinajstić information content (AvgIpc) is 2.34. The van der Waals surface area contributed by atoms with Crippen molar-refractivity contribution in [2.24, 2.45) is 0 Å². The Morgan fingerprint density at radius 1 is 1.27 bits per heavy atom. The molecule has 0 saturated carbocycles. The Hall–Kier alpha value is -1.62. The van der Waals surface area contributed by atoms with E-state index in [1.165, 1.54) is 19.2 Å². The molecule has 22 heavy (non-hydrogen) atoms. The fourth-order valence-corrected chi connectivity index (χ4v) is 3.50. The molecule has 4 nitrogen and oxygen atoms in total. The minimum atomic E-state index is -0.527. The zero-order valence-electron chi connectivity index (χ0n) is 13.9. The number of carbonyl (C=O) groups excluding carboxylic acids is 1. The molecule has 1 saturated heterocycles. The summed E-state index contributed by atoms with van der Waals surface area (Å²) in [5, 5.41) is 6.60. The third-order valence-corrected chi connectivity index (χ3v) is 3.94. The minimum absolute atomic E-state index is 0.0507. The molecule has 0 aliphatic carbocycles. The van der Waals surface area contributed by atoms with Gasteiger partial charge in [0, 0.05) is 22.7 Å². The smallest absolute Gasteiger partial charge is 0.251 e. The van der Waals surface area contributed by atoms with Crippen LogP contribution in [0.1, 0.15) is 50.9 Å². The van der Waals surface area contributed by atoms with Gasteiger partial charge >= 0.3 is 0 Å². The fraction of sp³-hybridized carbons (Fsp3) is 0.588. The molecule has 1 heterocycles. The molecule has 1 fully saturated rings. The van der Waals surface area contributed by atoms with Crippen molar-refractivity contribution < 1.29 is 13.9 Å². The molecule has 122 valence electrons. The average molecular weight is 308 g/mol. The van der Waals surface area contributed by atoms with Crippen molar-refractivity contribution in [3.8, 4) is 5.75 Å². The third-order valence-electron chi connectivity index (χ3n) is 3.94. The molecule has 0 bridgehead atoms. The zero-order valence-corrected chi connectivity index (χ0v) is 13.9. The number of rotatable bonds is 3. The van der Waals surface area contributed by atoms with E-state index >= 15 is 0 Å². The largest absolute Gasteiger partial charge is 0.494 e. The summed E-state index contributed by atoms with van der Waals surface area (Å²) >= 11 is 0. The highest BCUT2D eigenvalue weighted by atomic mass is 19.1. The van der Waals surface area contributed by atoms with E-state index in [0.29, 0.717) is 5.56 Å². The summed E-state index contributed by atoms with van der Waals surface area (Å²) in [4.78, 5) is 12.3. The summed E-state index contributed by atoms with van der Waals surface area (Å²) < 4.78 is 18.6. The fourth-order valence-electron chi connectivity index (χ4n) is 3.50. The summed E-state index contributed by atoms with van der Waals surface area (Å²) in [6.07, 6.45) is 1.67. The molecule has 0 radical (unpaired) electrons. The summed E-state index contributed by atoms with van der Waals surface area (Å²) in [6, 6.07) is 4.32. The van der Waals surface area contributed by atoms with E-state index < -0.39 is 5.82 Å². The van der Waals surface area contributed by atoms with Crippen LogP contribution >= 0.6 is 0 Å². The summed E-state index contributed by atoms with van der Waals surface area (Å²) in [6.45, 7) is 8.50. The van der Waals surface area contributed by atoms with Crippen LogP contribution in [0.2, 0.25) is 0 Å². The number of hydrogen-bond donors (Lipinski definition) is 2. The molecule has 1 aromatic carbocycles. The quantitative estimate of drug-likeness (QED) is 0.903. The highest BCUT2D eigenvalue weighted by Gasteiger charge is 2.38. The van der Waals surface area contributed by atoms with Gasteiger partial charge in [-0.3, -0.25) is 4.79 Å². The molecular weight excluding hydrogens is 283 g/mol. The molecule has 2 N–H and O–H groups in total. The summed E-state index contributed by atoms with van der Waals surface area (Å²) in [5.74, 6) is -0.637. The number of piperidine rings is 1. The van der Waals surface area contributed by atoms with Crippen molar-refractivity contribution >= 4 is 5.91 Å². The van der Waals surface area contributed by atoms with Crippen LogP contribution in [0.4, 0.5) is 4.39 Å². The van der Waals surface area contributed by atoms with Gasteiger partial charge in [-0.25, -0.2) is 4.39 Å². The lowest BCUT2D eigenvalue weighted by molar-refractivity contribution is 0.0872. The van der Waals surface area contributed by atoms with Gasteiger partial charge in [0.1, 0.15) is 0 Å². The first kappa shape index (κ1) is 16.7. The Morgan fingerprint density at radius 2 is 1.86 bits per heavy atom. The van der Waals surface area contributed by atoms with Crippen molar-refractivity contribution in [1.82, 2.24) is 10.6 Å². The highest BCUT2D eigenvalue weighted by Crippen LogP contribution is 2.28. The van der Waals surface area contributed by atoms with Crippen molar-refractivity contribution in [2.45, 2.75) is 57.7 Å². The normalized spacial score (nSPS) is 20.5. The van der Waals surface area contributed by atoms with E-state index in [1.807, 2.05) is 0 Å². The first-order valence-corrected chi connectivity index (χ1v) is 7.56. The lowest BCUT2D eigenvalue weighted by Crippen LogP contribution is -2.62. The van der Waals surface area contributed by atoms with Crippen LogP contribution in [0.15, 0.2) is 18.2 Å². The van der Waals surface area contributed by atoms with Crippen molar-refractivity contribution in [2.75, 3.05) is 7.11 Å². The van der Waals surface area contributed by atoms with Crippen LogP contribution in [-0.4, -0.2) is 30.1 Å². The Morgan fingerprint density at radius 3 is 2.36 bits per heavy atom. The topological polar surface area (TPSA) is 50.4 Å². The monoisotopic (exact) mass is 308 g/mol. The molecular formula is C17H25FN2O2.